The summed E-state index contributed by atoms with van der Waals surface area (Å²) in [6.45, 7) is 0. The van der Waals surface area contributed by atoms with Crippen molar-refractivity contribution in [2.45, 2.75) is 6.18 Å². The maximum absolute atomic E-state index is 12.8. The Balaban J connectivity index is 1.68. The van der Waals surface area contributed by atoms with E-state index in [4.69, 9.17) is 0 Å². The molecule has 0 bridgehead atoms. The van der Waals surface area contributed by atoms with Crippen LogP contribution >= 0.6 is 11.3 Å². The Morgan fingerprint density at radius 2 is 1.83 bits per heavy atom. The van der Waals surface area contributed by atoms with E-state index < -0.39 is 23.6 Å². The van der Waals surface area contributed by atoms with Crippen LogP contribution in [0.4, 0.5) is 24.0 Å². The van der Waals surface area contributed by atoms with Crippen molar-refractivity contribution in [3.05, 3.63) is 76.8 Å². The van der Waals surface area contributed by atoms with Crippen LogP contribution in [0.25, 0.3) is 6.08 Å². The predicted molar refractivity (Wildman–Crippen MR) is 103 cm³/mol. The molecule has 2 amide bonds. The van der Waals surface area contributed by atoms with Crippen molar-refractivity contribution in [1.29, 1.82) is 0 Å². The summed E-state index contributed by atoms with van der Waals surface area (Å²) in [5, 5.41) is 12.6. The van der Waals surface area contributed by atoms with Gasteiger partial charge in [0.05, 0.1) is 5.56 Å². The number of halogens is 3. The predicted octanol–water partition coefficient (Wildman–Crippen LogP) is 4.46. The van der Waals surface area contributed by atoms with Gasteiger partial charge in [-0.25, -0.2) is 0 Å². The van der Waals surface area contributed by atoms with E-state index >= 15 is 0 Å². The summed E-state index contributed by atoms with van der Waals surface area (Å²) >= 11 is 1.17. The zero-order valence-electron chi connectivity index (χ0n) is 14.6. The van der Waals surface area contributed by atoms with Crippen molar-refractivity contribution in [2.75, 3.05) is 10.6 Å². The van der Waals surface area contributed by atoms with Gasteiger partial charge in [0.15, 0.2) is 0 Å². The molecule has 0 spiro atoms. The lowest BCUT2D eigenvalue weighted by atomic mass is 10.1. The maximum Gasteiger partial charge on any atom is 0.416 e. The van der Waals surface area contributed by atoms with Gasteiger partial charge in [0, 0.05) is 17.3 Å². The van der Waals surface area contributed by atoms with E-state index in [-0.39, 0.29) is 11.3 Å². The lowest BCUT2D eigenvalue weighted by Crippen LogP contribution is -2.13. The van der Waals surface area contributed by atoms with Crippen LogP contribution in [0.2, 0.25) is 0 Å². The van der Waals surface area contributed by atoms with Gasteiger partial charge in [0.2, 0.25) is 11.0 Å². The molecular formula is C19H13F3N4O2S. The second-order valence-electron chi connectivity index (χ2n) is 5.72. The number of benzene rings is 2. The standard InChI is InChI=1S/C19H13F3N4O2S/c20-19(21,22)14-5-2-6-15(10-14)24-17(28)13-4-1-3-12(9-13)7-8-16(27)25-18-26-23-11-29-18/h1-11H,(H,24,28)(H,25,26,27). The first-order valence-corrected chi connectivity index (χ1v) is 9.03. The molecule has 0 radical (unpaired) electrons. The fraction of sp³-hybridized carbons (Fsp3) is 0.0526. The van der Waals surface area contributed by atoms with E-state index in [2.05, 4.69) is 20.8 Å². The van der Waals surface area contributed by atoms with Gasteiger partial charge in [0.25, 0.3) is 5.91 Å². The number of nitrogens with zero attached hydrogens (tertiary/aromatic N) is 2. The lowest BCUT2D eigenvalue weighted by Gasteiger charge is -2.10. The van der Waals surface area contributed by atoms with Crippen LogP contribution in [0.5, 0.6) is 0 Å². The molecule has 0 aliphatic carbocycles. The van der Waals surface area contributed by atoms with Crippen LogP contribution in [0.3, 0.4) is 0 Å². The number of nitrogens with one attached hydrogen (secondary N) is 2. The molecule has 0 aliphatic heterocycles. The van der Waals surface area contributed by atoms with E-state index in [0.717, 1.165) is 12.1 Å². The summed E-state index contributed by atoms with van der Waals surface area (Å²) < 4.78 is 38.4. The average Bonchev–Trinajstić information content (AvgIpc) is 3.19. The quantitative estimate of drug-likeness (QED) is 0.599. The first kappa shape index (κ1) is 20.2. The number of carbonyl (C=O) groups is 2. The van der Waals surface area contributed by atoms with Crippen LogP contribution in [0.15, 0.2) is 60.1 Å². The summed E-state index contributed by atoms with van der Waals surface area (Å²) in [7, 11) is 0. The van der Waals surface area contributed by atoms with Gasteiger partial charge >= 0.3 is 6.18 Å². The summed E-state index contributed by atoms with van der Waals surface area (Å²) in [6, 6.07) is 10.7. The minimum atomic E-state index is -4.50. The van der Waals surface area contributed by atoms with Gasteiger partial charge in [-0.3, -0.25) is 14.9 Å². The molecule has 148 valence electrons. The Labute approximate surface area is 167 Å². The summed E-state index contributed by atoms with van der Waals surface area (Å²) in [6.07, 6.45) is -1.73. The van der Waals surface area contributed by atoms with Crippen LogP contribution in [0.1, 0.15) is 21.5 Å². The van der Waals surface area contributed by atoms with Gasteiger partial charge in [-0.1, -0.05) is 29.5 Å². The Morgan fingerprint density at radius 1 is 1.03 bits per heavy atom. The number of aromatic nitrogens is 2. The molecule has 0 fully saturated rings. The first-order valence-electron chi connectivity index (χ1n) is 8.15. The minimum absolute atomic E-state index is 0.0298. The smallest absolute Gasteiger partial charge is 0.322 e. The molecule has 0 atom stereocenters. The van der Waals surface area contributed by atoms with E-state index in [1.165, 1.54) is 53.3 Å². The zero-order valence-corrected chi connectivity index (χ0v) is 15.4. The highest BCUT2D eigenvalue weighted by Crippen LogP contribution is 2.30. The number of hydrogen-bond donors (Lipinski definition) is 2. The molecule has 6 nitrogen and oxygen atoms in total. The van der Waals surface area contributed by atoms with Gasteiger partial charge in [-0.05, 0) is 42.0 Å². The van der Waals surface area contributed by atoms with Crippen LogP contribution in [-0.2, 0) is 11.0 Å². The summed E-state index contributed by atoms with van der Waals surface area (Å²) in [4.78, 5) is 24.2. The number of anilines is 2. The molecule has 1 aromatic heterocycles. The van der Waals surface area contributed by atoms with Crippen molar-refractivity contribution in [3.63, 3.8) is 0 Å². The highest BCUT2D eigenvalue weighted by atomic mass is 32.1. The molecule has 0 saturated heterocycles. The van der Waals surface area contributed by atoms with Crippen molar-refractivity contribution >= 4 is 40.0 Å². The normalized spacial score (nSPS) is 11.4. The SMILES string of the molecule is O=C(C=Cc1cccc(C(=O)Nc2cccc(C(F)(F)F)c2)c1)Nc1nncs1. The highest BCUT2D eigenvalue weighted by molar-refractivity contribution is 7.13. The maximum atomic E-state index is 12.8. The number of alkyl halides is 3. The topological polar surface area (TPSA) is 84.0 Å². The van der Waals surface area contributed by atoms with Gasteiger partial charge in [-0.15, -0.1) is 10.2 Å². The van der Waals surface area contributed by atoms with Crippen molar-refractivity contribution < 1.29 is 22.8 Å². The third-order valence-electron chi connectivity index (χ3n) is 3.61. The molecule has 10 heteroatoms. The zero-order chi connectivity index (χ0) is 20.9. The summed E-state index contributed by atoms with van der Waals surface area (Å²) in [5.74, 6) is -0.988. The fourth-order valence-corrected chi connectivity index (χ4v) is 2.75. The average molecular weight is 418 g/mol. The first-order chi connectivity index (χ1) is 13.8. The molecule has 0 aliphatic rings. The molecule has 3 aromatic rings. The molecule has 1 heterocycles. The van der Waals surface area contributed by atoms with Crippen LogP contribution < -0.4 is 10.6 Å². The van der Waals surface area contributed by atoms with Crippen molar-refractivity contribution in [3.8, 4) is 0 Å². The molecule has 3 rings (SSSR count). The van der Waals surface area contributed by atoms with E-state index in [0.29, 0.717) is 10.7 Å². The molecule has 2 N–H and O–H groups in total. The third kappa shape index (κ3) is 5.72. The monoisotopic (exact) mass is 418 g/mol. The summed E-state index contributed by atoms with van der Waals surface area (Å²) in [5.41, 5.74) is 1.45. The third-order valence-corrected chi connectivity index (χ3v) is 4.22. The van der Waals surface area contributed by atoms with Crippen LogP contribution in [-0.4, -0.2) is 22.0 Å². The molecule has 0 unspecified atom stereocenters. The Kier molecular flexibility index (Phi) is 6.03. The number of carbonyl (C=O) groups excluding carboxylic acids is 2. The molecule has 29 heavy (non-hydrogen) atoms. The van der Waals surface area contributed by atoms with Crippen molar-refractivity contribution in [2.24, 2.45) is 0 Å². The number of hydrogen-bond acceptors (Lipinski definition) is 5. The number of rotatable bonds is 5. The Morgan fingerprint density at radius 3 is 2.55 bits per heavy atom. The molecule has 2 aromatic carbocycles. The second kappa shape index (κ2) is 8.65. The van der Waals surface area contributed by atoms with Gasteiger partial charge < -0.3 is 5.32 Å². The van der Waals surface area contributed by atoms with E-state index in [9.17, 15) is 22.8 Å². The Bertz CT molecular complexity index is 1050. The second-order valence-corrected chi connectivity index (χ2v) is 6.56. The van der Waals surface area contributed by atoms with E-state index in [1.54, 1.807) is 12.1 Å². The van der Waals surface area contributed by atoms with Gasteiger partial charge in [-0.2, -0.15) is 13.2 Å². The largest absolute Gasteiger partial charge is 0.416 e. The Hall–Kier alpha value is -3.53. The minimum Gasteiger partial charge on any atom is -0.322 e. The van der Waals surface area contributed by atoms with Gasteiger partial charge in [0.1, 0.15) is 5.51 Å². The number of amides is 2. The molecular weight excluding hydrogens is 405 g/mol. The lowest BCUT2D eigenvalue weighted by molar-refractivity contribution is -0.137. The fourth-order valence-electron chi connectivity index (χ4n) is 2.31. The molecule has 0 saturated carbocycles. The highest BCUT2D eigenvalue weighted by Gasteiger charge is 2.30. The van der Waals surface area contributed by atoms with Crippen molar-refractivity contribution in [1.82, 2.24) is 10.2 Å². The van der Waals surface area contributed by atoms with E-state index in [1.807, 2.05) is 0 Å². The van der Waals surface area contributed by atoms with Crippen LogP contribution in [0, 0.1) is 0 Å².